The zero-order valence-electron chi connectivity index (χ0n) is 14.3. The lowest BCUT2D eigenvalue weighted by molar-refractivity contribution is -0.129. The van der Waals surface area contributed by atoms with Crippen LogP contribution in [0.2, 0.25) is 0 Å². The number of amides is 2. The van der Waals surface area contributed by atoms with Gasteiger partial charge in [-0.3, -0.25) is 9.59 Å². The molecule has 6 nitrogen and oxygen atoms in total. The summed E-state index contributed by atoms with van der Waals surface area (Å²) in [6.45, 7) is 0.422. The fraction of sp³-hybridized carbons (Fsp3) is 0.263. The van der Waals surface area contributed by atoms with Gasteiger partial charge in [0.2, 0.25) is 0 Å². The molecular formula is C19H19FN2O4. The summed E-state index contributed by atoms with van der Waals surface area (Å²) < 4.78 is 23.8. The van der Waals surface area contributed by atoms with Crippen LogP contribution in [-0.4, -0.2) is 44.7 Å². The molecule has 1 N–H and O–H groups in total. The van der Waals surface area contributed by atoms with Crippen LogP contribution in [0.4, 0.5) is 10.1 Å². The number of carbonyl (C=O) groups is 2. The number of hydrogen-bond donors (Lipinski definition) is 1. The maximum Gasteiger partial charge on any atom is 0.255 e. The first-order valence-electron chi connectivity index (χ1n) is 8.17. The van der Waals surface area contributed by atoms with Crippen LogP contribution in [-0.2, 0) is 9.53 Å². The van der Waals surface area contributed by atoms with E-state index in [0.717, 1.165) is 0 Å². The summed E-state index contributed by atoms with van der Waals surface area (Å²) in [5.41, 5.74) is 1.03. The maximum atomic E-state index is 13.1. The minimum atomic E-state index is -0.366. The number of methoxy groups -OCH3 is 1. The standard InChI is InChI=1S/C19H19FN2O4/c1-25-17-5-3-2-4-16(17)19(24)21-10-15-11-22(18(23)12-26-15)14-8-6-13(20)7-9-14/h2-9,15H,10-12H2,1H3,(H,21,24). The molecule has 3 rings (SSSR count). The molecule has 0 saturated carbocycles. The Hall–Kier alpha value is -2.93. The van der Waals surface area contributed by atoms with E-state index >= 15 is 0 Å². The van der Waals surface area contributed by atoms with Crippen LogP contribution in [0.15, 0.2) is 48.5 Å². The van der Waals surface area contributed by atoms with Crippen LogP contribution in [0.3, 0.4) is 0 Å². The molecule has 1 aliphatic heterocycles. The van der Waals surface area contributed by atoms with Crippen molar-refractivity contribution in [1.29, 1.82) is 0 Å². The number of nitrogens with one attached hydrogen (secondary N) is 1. The number of halogens is 1. The molecule has 0 aromatic heterocycles. The Morgan fingerprint density at radius 2 is 2.00 bits per heavy atom. The molecule has 0 radical (unpaired) electrons. The Labute approximate surface area is 150 Å². The van der Waals surface area contributed by atoms with Gasteiger partial charge in [0.05, 0.1) is 25.3 Å². The first kappa shape index (κ1) is 17.9. The van der Waals surface area contributed by atoms with Gasteiger partial charge in [-0.05, 0) is 36.4 Å². The molecular weight excluding hydrogens is 339 g/mol. The lowest BCUT2D eigenvalue weighted by atomic mass is 10.1. The third-order valence-corrected chi connectivity index (χ3v) is 4.11. The van der Waals surface area contributed by atoms with Crippen molar-refractivity contribution in [1.82, 2.24) is 5.32 Å². The highest BCUT2D eigenvalue weighted by atomic mass is 19.1. The van der Waals surface area contributed by atoms with Crippen molar-refractivity contribution >= 4 is 17.5 Å². The van der Waals surface area contributed by atoms with Crippen molar-refractivity contribution in [3.05, 3.63) is 59.9 Å². The number of carbonyl (C=O) groups excluding carboxylic acids is 2. The molecule has 1 fully saturated rings. The van der Waals surface area contributed by atoms with Crippen molar-refractivity contribution in [3.63, 3.8) is 0 Å². The van der Waals surface area contributed by atoms with Crippen molar-refractivity contribution in [3.8, 4) is 5.75 Å². The molecule has 0 aliphatic carbocycles. The van der Waals surface area contributed by atoms with E-state index in [-0.39, 0.29) is 43.4 Å². The number of hydrogen-bond acceptors (Lipinski definition) is 4. The summed E-state index contributed by atoms with van der Waals surface area (Å²) in [7, 11) is 1.50. The number of nitrogens with zero attached hydrogens (tertiary/aromatic N) is 1. The number of ether oxygens (including phenoxy) is 2. The number of rotatable bonds is 5. The van der Waals surface area contributed by atoms with E-state index in [1.807, 2.05) is 0 Å². The predicted molar refractivity (Wildman–Crippen MR) is 93.8 cm³/mol. The fourth-order valence-electron chi connectivity index (χ4n) is 2.75. The molecule has 2 aromatic rings. The van der Waals surface area contributed by atoms with Gasteiger partial charge in [0.15, 0.2) is 0 Å². The maximum absolute atomic E-state index is 13.1. The molecule has 1 atom stereocenters. The van der Waals surface area contributed by atoms with Crippen molar-refractivity contribution in [2.75, 3.05) is 31.7 Å². The molecule has 1 aliphatic rings. The summed E-state index contributed by atoms with van der Waals surface area (Å²) in [6.07, 6.45) is -0.364. The van der Waals surface area contributed by atoms with E-state index in [1.54, 1.807) is 36.4 Å². The van der Waals surface area contributed by atoms with Gasteiger partial charge in [0.1, 0.15) is 18.2 Å². The lowest BCUT2D eigenvalue weighted by Gasteiger charge is -2.32. The lowest BCUT2D eigenvalue weighted by Crippen LogP contribution is -2.50. The second-order valence-corrected chi connectivity index (χ2v) is 5.82. The highest BCUT2D eigenvalue weighted by Gasteiger charge is 2.28. The van der Waals surface area contributed by atoms with E-state index in [1.165, 1.54) is 24.1 Å². The zero-order valence-corrected chi connectivity index (χ0v) is 14.3. The van der Waals surface area contributed by atoms with Crippen molar-refractivity contribution < 1.29 is 23.5 Å². The Morgan fingerprint density at radius 1 is 1.27 bits per heavy atom. The molecule has 26 heavy (non-hydrogen) atoms. The van der Waals surface area contributed by atoms with Gasteiger partial charge in [-0.25, -0.2) is 4.39 Å². The zero-order chi connectivity index (χ0) is 18.5. The van der Waals surface area contributed by atoms with Crippen LogP contribution in [0, 0.1) is 5.82 Å². The first-order valence-corrected chi connectivity index (χ1v) is 8.17. The van der Waals surface area contributed by atoms with E-state index < -0.39 is 0 Å². The molecule has 2 aromatic carbocycles. The van der Waals surface area contributed by atoms with E-state index in [4.69, 9.17) is 9.47 Å². The quantitative estimate of drug-likeness (QED) is 0.888. The third-order valence-electron chi connectivity index (χ3n) is 4.11. The fourth-order valence-corrected chi connectivity index (χ4v) is 2.75. The smallest absolute Gasteiger partial charge is 0.255 e. The first-order chi connectivity index (χ1) is 12.6. The van der Waals surface area contributed by atoms with E-state index in [2.05, 4.69) is 5.32 Å². The highest BCUT2D eigenvalue weighted by Crippen LogP contribution is 2.20. The topological polar surface area (TPSA) is 67.9 Å². The van der Waals surface area contributed by atoms with Crippen molar-refractivity contribution in [2.45, 2.75) is 6.10 Å². The average molecular weight is 358 g/mol. The summed E-state index contributed by atoms with van der Waals surface area (Å²) in [6, 6.07) is 12.6. The summed E-state index contributed by atoms with van der Waals surface area (Å²) in [5, 5.41) is 2.80. The molecule has 1 saturated heterocycles. The molecule has 2 amide bonds. The molecule has 7 heteroatoms. The Balaban J connectivity index is 1.62. The Bertz CT molecular complexity index is 794. The van der Waals surface area contributed by atoms with Gasteiger partial charge in [-0.15, -0.1) is 0 Å². The van der Waals surface area contributed by atoms with Crippen LogP contribution >= 0.6 is 0 Å². The molecule has 1 unspecified atom stereocenters. The molecule has 1 heterocycles. The van der Waals surface area contributed by atoms with Crippen LogP contribution in [0.5, 0.6) is 5.75 Å². The Morgan fingerprint density at radius 3 is 2.73 bits per heavy atom. The number of benzene rings is 2. The summed E-state index contributed by atoms with van der Waals surface area (Å²) >= 11 is 0. The van der Waals surface area contributed by atoms with Gasteiger partial charge in [-0.1, -0.05) is 12.1 Å². The van der Waals surface area contributed by atoms with Crippen LogP contribution in [0.1, 0.15) is 10.4 Å². The summed E-state index contributed by atoms with van der Waals surface area (Å²) in [5.74, 6) is -0.368. The second kappa shape index (κ2) is 7.97. The molecule has 0 bridgehead atoms. The average Bonchev–Trinajstić information content (AvgIpc) is 2.68. The second-order valence-electron chi connectivity index (χ2n) is 5.82. The van der Waals surface area contributed by atoms with Gasteiger partial charge in [0, 0.05) is 12.2 Å². The molecule has 136 valence electrons. The van der Waals surface area contributed by atoms with Crippen LogP contribution < -0.4 is 15.0 Å². The molecule has 0 spiro atoms. The summed E-state index contributed by atoms with van der Waals surface area (Å²) in [4.78, 5) is 26.0. The minimum Gasteiger partial charge on any atom is -0.496 e. The number of morpholine rings is 1. The van der Waals surface area contributed by atoms with E-state index in [9.17, 15) is 14.0 Å². The largest absolute Gasteiger partial charge is 0.496 e. The van der Waals surface area contributed by atoms with Crippen LogP contribution in [0.25, 0.3) is 0 Å². The highest BCUT2D eigenvalue weighted by molar-refractivity contribution is 5.97. The SMILES string of the molecule is COc1ccccc1C(=O)NCC1CN(c2ccc(F)cc2)C(=O)CO1. The van der Waals surface area contributed by atoms with Gasteiger partial charge >= 0.3 is 0 Å². The number of anilines is 1. The predicted octanol–water partition coefficient (Wildman–Crippen LogP) is 2.00. The minimum absolute atomic E-state index is 0.0907. The number of para-hydroxylation sites is 1. The monoisotopic (exact) mass is 358 g/mol. The van der Waals surface area contributed by atoms with Gasteiger partial charge in [-0.2, -0.15) is 0 Å². The van der Waals surface area contributed by atoms with Crippen molar-refractivity contribution in [2.24, 2.45) is 0 Å². The normalized spacial score (nSPS) is 17.1. The van der Waals surface area contributed by atoms with Gasteiger partial charge in [0.25, 0.3) is 11.8 Å². The van der Waals surface area contributed by atoms with Gasteiger partial charge < -0.3 is 19.7 Å². The third kappa shape index (κ3) is 4.00. The Kier molecular flexibility index (Phi) is 5.48. The van der Waals surface area contributed by atoms with E-state index in [0.29, 0.717) is 17.0 Å².